The monoisotopic (exact) mass is 138 g/mol. The zero-order valence-electron chi connectivity index (χ0n) is 6.07. The highest BCUT2D eigenvalue weighted by Crippen LogP contribution is 2.04. The highest BCUT2D eigenvalue weighted by atomic mass is 15.2. The van der Waals surface area contributed by atoms with Gasteiger partial charge in [0.1, 0.15) is 5.82 Å². The third-order valence-electron chi connectivity index (χ3n) is 1.13. The Labute approximate surface area is 59.7 Å². The molecule has 1 aromatic heterocycles. The Morgan fingerprint density at radius 2 is 2.00 bits per heavy atom. The second-order valence-corrected chi connectivity index (χ2v) is 2.21. The predicted molar refractivity (Wildman–Crippen MR) is 40.8 cm³/mol. The van der Waals surface area contributed by atoms with Crippen LogP contribution >= 0.6 is 0 Å². The quantitative estimate of drug-likeness (QED) is 0.599. The summed E-state index contributed by atoms with van der Waals surface area (Å²) in [6.45, 7) is 0. The Bertz CT molecular complexity index is 203. The van der Waals surface area contributed by atoms with Gasteiger partial charge in [-0.3, -0.25) is 0 Å². The van der Waals surface area contributed by atoms with Crippen molar-refractivity contribution < 1.29 is 0 Å². The predicted octanol–water partition coefficient (Wildman–Crippen LogP) is 0.125. The molecule has 0 bridgehead atoms. The van der Waals surface area contributed by atoms with Gasteiger partial charge in [-0.25, -0.2) is 0 Å². The number of hydrogen-bond acceptors (Lipinski definition) is 4. The molecule has 0 saturated heterocycles. The van der Waals surface area contributed by atoms with Crippen LogP contribution in [0.2, 0.25) is 0 Å². The van der Waals surface area contributed by atoms with Crippen LogP contribution in [-0.4, -0.2) is 24.3 Å². The Kier molecular flexibility index (Phi) is 1.71. The number of rotatable bonds is 1. The molecule has 0 amide bonds. The lowest BCUT2D eigenvalue weighted by Crippen LogP contribution is -2.11. The van der Waals surface area contributed by atoms with Crippen LogP contribution in [-0.2, 0) is 0 Å². The molecule has 0 unspecified atom stereocenters. The maximum Gasteiger partial charge on any atom is 0.150 e. The van der Waals surface area contributed by atoms with Gasteiger partial charge in [-0.1, -0.05) is 0 Å². The van der Waals surface area contributed by atoms with Crippen LogP contribution in [0.3, 0.4) is 0 Å². The number of hydrogen-bond donors (Lipinski definition) is 1. The van der Waals surface area contributed by atoms with Gasteiger partial charge in [-0.2, -0.15) is 0 Å². The van der Waals surface area contributed by atoms with Crippen molar-refractivity contribution in [2.24, 2.45) is 0 Å². The van der Waals surface area contributed by atoms with Gasteiger partial charge in [-0.05, 0) is 12.1 Å². The molecule has 0 atom stereocenters. The summed E-state index contributed by atoms with van der Waals surface area (Å²) in [6.07, 6.45) is 0. The van der Waals surface area contributed by atoms with Crippen molar-refractivity contribution in [3.8, 4) is 0 Å². The van der Waals surface area contributed by atoms with E-state index in [2.05, 4.69) is 10.2 Å². The summed E-state index contributed by atoms with van der Waals surface area (Å²) in [5.74, 6) is 1.26. The van der Waals surface area contributed by atoms with E-state index in [0.29, 0.717) is 5.82 Å². The first-order chi connectivity index (χ1) is 4.70. The highest BCUT2D eigenvalue weighted by Gasteiger charge is 1.94. The zero-order chi connectivity index (χ0) is 7.56. The lowest BCUT2D eigenvalue weighted by molar-refractivity contribution is 0.971. The average Bonchev–Trinajstić information content (AvgIpc) is 1.88. The van der Waals surface area contributed by atoms with Crippen LogP contribution in [0.1, 0.15) is 0 Å². The average molecular weight is 138 g/mol. The van der Waals surface area contributed by atoms with E-state index in [1.807, 2.05) is 25.1 Å². The SMILES string of the molecule is CN(C)c1ccc(N)nn1. The van der Waals surface area contributed by atoms with Gasteiger partial charge in [-0.15, -0.1) is 10.2 Å². The molecule has 1 rings (SSSR count). The molecule has 4 nitrogen and oxygen atoms in total. The first-order valence-corrected chi connectivity index (χ1v) is 2.96. The van der Waals surface area contributed by atoms with Crippen LogP contribution in [0.4, 0.5) is 11.6 Å². The first kappa shape index (κ1) is 6.80. The Morgan fingerprint density at radius 1 is 1.30 bits per heavy atom. The fourth-order valence-electron chi connectivity index (χ4n) is 0.574. The summed E-state index contributed by atoms with van der Waals surface area (Å²) >= 11 is 0. The van der Waals surface area contributed by atoms with Crippen molar-refractivity contribution in [1.82, 2.24) is 10.2 Å². The van der Waals surface area contributed by atoms with E-state index in [1.165, 1.54) is 0 Å². The highest BCUT2D eigenvalue weighted by molar-refractivity contribution is 5.39. The molecule has 0 aliphatic heterocycles. The maximum atomic E-state index is 5.33. The summed E-state index contributed by atoms with van der Waals surface area (Å²) in [5, 5.41) is 7.52. The molecule has 0 saturated carbocycles. The molecule has 1 heterocycles. The number of nitrogens with zero attached hydrogens (tertiary/aromatic N) is 3. The van der Waals surface area contributed by atoms with E-state index >= 15 is 0 Å². The van der Waals surface area contributed by atoms with Crippen LogP contribution in [0.25, 0.3) is 0 Å². The first-order valence-electron chi connectivity index (χ1n) is 2.96. The summed E-state index contributed by atoms with van der Waals surface area (Å²) < 4.78 is 0. The lowest BCUT2D eigenvalue weighted by Gasteiger charge is -2.08. The Hall–Kier alpha value is -1.32. The third-order valence-corrected chi connectivity index (χ3v) is 1.13. The molecule has 10 heavy (non-hydrogen) atoms. The van der Waals surface area contributed by atoms with E-state index in [-0.39, 0.29) is 0 Å². The summed E-state index contributed by atoms with van der Waals surface area (Å²) in [7, 11) is 3.81. The molecule has 0 aliphatic rings. The molecule has 0 aromatic carbocycles. The van der Waals surface area contributed by atoms with Gasteiger partial charge >= 0.3 is 0 Å². The minimum Gasteiger partial charge on any atom is -0.382 e. The molecule has 1 aromatic rings. The van der Waals surface area contributed by atoms with Crippen LogP contribution < -0.4 is 10.6 Å². The second kappa shape index (κ2) is 2.51. The fraction of sp³-hybridized carbons (Fsp3) is 0.333. The van der Waals surface area contributed by atoms with Crippen molar-refractivity contribution >= 4 is 11.6 Å². The van der Waals surface area contributed by atoms with Crippen molar-refractivity contribution in [3.63, 3.8) is 0 Å². The van der Waals surface area contributed by atoms with E-state index < -0.39 is 0 Å². The molecule has 0 aliphatic carbocycles. The molecule has 0 spiro atoms. The normalized spacial score (nSPS) is 9.40. The summed E-state index contributed by atoms with van der Waals surface area (Å²) in [6, 6.07) is 3.55. The molecule has 4 heteroatoms. The van der Waals surface area contributed by atoms with Gasteiger partial charge in [0.05, 0.1) is 0 Å². The van der Waals surface area contributed by atoms with Crippen molar-refractivity contribution in [2.45, 2.75) is 0 Å². The minimum absolute atomic E-state index is 0.450. The second-order valence-electron chi connectivity index (χ2n) is 2.21. The number of aromatic nitrogens is 2. The maximum absolute atomic E-state index is 5.33. The van der Waals surface area contributed by atoms with Gasteiger partial charge in [0, 0.05) is 14.1 Å². The van der Waals surface area contributed by atoms with Crippen molar-refractivity contribution in [2.75, 3.05) is 24.7 Å². The topological polar surface area (TPSA) is 55.0 Å². The van der Waals surface area contributed by atoms with Crippen molar-refractivity contribution in [3.05, 3.63) is 12.1 Å². The molecule has 0 radical (unpaired) electrons. The molecular formula is C6H10N4. The van der Waals surface area contributed by atoms with Gasteiger partial charge < -0.3 is 10.6 Å². The molecule has 0 fully saturated rings. The van der Waals surface area contributed by atoms with Gasteiger partial charge in [0.25, 0.3) is 0 Å². The fourth-order valence-corrected chi connectivity index (χ4v) is 0.574. The number of nitrogens with two attached hydrogens (primary N) is 1. The summed E-state index contributed by atoms with van der Waals surface area (Å²) in [5.41, 5.74) is 5.33. The molecular weight excluding hydrogens is 128 g/mol. The number of nitrogen functional groups attached to an aromatic ring is 1. The standard InChI is InChI=1S/C6H10N4/c1-10(2)6-4-3-5(7)8-9-6/h3-4H,1-2H3,(H2,7,8). The van der Waals surface area contributed by atoms with E-state index in [4.69, 9.17) is 5.73 Å². The van der Waals surface area contributed by atoms with Crippen LogP contribution in [0.15, 0.2) is 12.1 Å². The molecule has 54 valence electrons. The Balaban J connectivity index is 2.89. The molecule has 2 N–H and O–H groups in total. The third kappa shape index (κ3) is 1.34. The van der Waals surface area contributed by atoms with E-state index in [1.54, 1.807) is 6.07 Å². The smallest absolute Gasteiger partial charge is 0.150 e. The van der Waals surface area contributed by atoms with E-state index in [0.717, 1.165) is 5.82 Å². The van der Waals surface area contributed by atoms with E-state index in [9.17, 15) is 0 Å². The minimum atomic E-state index is 0.450. The van der Waals surface area contributed by atoms with Gasteiger partial charge in [0.2, 0.25) is 0 Å². The largest absolute Gasteiger partial charge is 0.382 e. The van der Waals surface area contributed by atoms with Crippen molar-refractivity contribution in [1.29, 1.82) is 0 Å². The zero-order valence-corrected chi connectivity index (χ0v) is 6.07. The van der Waals surface area contributed by atoms with Gasteiger partial charge in [0.15, 0.2) is 5.82 Å². The van der Waals surface area contributed by atoms with Crippen LogP contribution in [0, 0.1) is 0 Å². The van der Waals surface area contributed by atoms with Crippen LogP contribution in [0.5, 0.6) is 0 Å². The number of anilines is 2. The Morgan fingerprint density at radius 3 is 2.40 bits per heavy atom. The lowest BCUT2D eigenvalue weighted by atomic mass is 10.5. The summed E-state index contributed by atoms with van der Waals surface area (Å²) in [4.78, 5) is 1.87.